The molecule has 3 N–H and O–H groups in total. The van der Waals surface area contributed by atoms with E-state index in [2.05, 4.69) is 41.2 Å². The molecule has 31 heavy (non-hydrogen) atoms. The summed E-state index contributed by atoms with van der Waals surface area (Å²) in [5.41, 5.74) is 0.455. The lowest BCUT2D eigenvalue weighted by Gasteiger charge is -2.10. The molecular weight excluding hydrogens is 506 g/mol. The number of sulfonamides is 1. The third kappa shape index (κ3) is 7.26. The Hall–Kier alpha value is -2.57. The van der Waals surface area contributed by atoms with Gasteiger partial charge >= 0.3 is 0 Å². The summed E-state index contributed by atoms with van der Waals surface area (Å²) in [6.07, 6.45) is 0. The molecule has 0 aliphatic heterocycles. The molecule has 3 rings (SSSR count). The highest BCUT2D eigenvalue weighted by molar-refractivity contribution is 9.10. The molecule has 1 heterocycles. The zero-order valence-corrected chi connectivity index (χ0v) is 19.7. The quantitative estimate of drug-likeness (QED) is 0.274. The molecule has 9 nitrogen and oxygen atoms in total. The van der Waals surface area contributed by atoms with Crippen molar-refractivity contribution >= 4 is 49.3 Å². The molecular formula is C19H20BrN5O4S2. The van der Waals surface area contributed by atoms with Crippen LogP contribution in [0, 0.1) is 6.92 Å². The highest BCUT2D eigenvalue weighted by Gasteiger charge is 2.14. The lowest BCUT2D eigenvalue weighted by molar-refractivity contribution is -0.122. The van der Waals surface area contributed by atoms with Gasteiger partial charge in [0.2, 0.25) is 5.16 Å². The van der Waals surface area contributed by atoms with Gasteiger partial charge in [-0.3, -0.25) is 14.6 Å². The van der Waals surface area contributed by atoms with E-state index in [1.807, 2.05) is 6.92 Å². The van der Waals surface area contributed by atoms with Gasteiger partial charge in [-0.05, 0) is 55.5 Å². The van der Waals surface area contributed by atoms with Crippen LogP contribution in [0.3, 0.4) is 0 Å². The first-order valence-corrected chi connectivity index (χ1v) is 12.4. The molecule has 0 aliphatic carbocycles. The summed E-state index contributed by atoms with van der Waals surface area (Å²) in [6, 6.07) is 12.6. The van der Waals surface area contributed by atoms with Gasteiger partial charge in [-0.25, -0.2) is 13.4 Å². The first kappa shape index (κ1) is 23.1. The fourth-order valence-corrected chi connectivity index (χ4v) is 4.39. The van der Waals surface area contributed by atoms with E-state index in [-0.39, 0.29) is 17.4 Å². The number of nitrogens with zero attached hydrogens (tertiary/aromatic N) is 2. The standard InChI is InChI=1S/C19H20BrN5O4S2/c1-13-22-19(24-23-13)30-11-10-21-18(26)12-29-16-6-8-17(9-7-16)31(27,28)25-15-4-2-14(20)3-5-15/h2-9,25H,10-12H2,1H3,(H,21,26)(H,22,23,24). The fraction of sp³-hybridized carbons (Fsp3) is 0.211. The van der Waals surface area contributed by atoms with E-state index >= 15 is 0 Å². The minimum Gasteiger partial charge on any atom is -0.484 e. The van der Waals surface area contributed by atoms with Crippen molar-refractivity contribution in [3.05, 3.63) is 58.8 Å². The number of rotatable bonds is 10. The number of ether oxygens (including phenoxy) is 1. The van der Waals surface area contributed by atoms with E-state index < -0.39 is 10.0 Å². The van der Waals surface area contributed by atoms with Crippen molar-refractivity contribution in [2.45, 2.75) is 17.0 Å². The van der Waals surface area contributed by atoms with Gasteiger partial charge in [-0.2, -0.15) is 0 Å². The number of aromatic nitrogens is 3. The third-order valence-corrected chi connectivity index (χ3v) is 6.61. The Labute approximate surface area is 192 Å². The average molecular weight is 526 g/mol. The van der Waals surface area contributed by atoms with Crippen LogP contribution in [-0.4, -0.2) is 48.4 Å². The van der Waals surface area contributed by atoms with Crippen molar-refractivity contribution in [2.24, 2.45) is 0 Å². The fourth-order valence-electron chi connectivity index (χ4n) is 2.37. The van der Waals surface area contributed by atoms with Gasteiger partial charge < -0.3 is 10.1 Å². The number of halogens is 1. The maximum Gasteiger partial charge on any atom is 0.261 e. The highest BCUT2D eigenvalue weighted by Crippen LogP contribution is 2.20. The van der Waals surface area contributed by atoms with Crippen LogP contribution in [0.4, 0.5) is 5.69 Å². The van der Waals surface area contributed by atoms with Crippen molar-refractivity contribution < 1.29 is 17.9 Å². The van der Waals surface area contributed by atoms with Crippen LogP contribution in [0.5, 0.6) is 5.75 Å². The van der Waals surface area contributed by atoms with Crippen molar-refractivity contribution in [3.8, 4) is 5.75 Å². The Balaban J connectivity index is 1.43. The molecule has 0 saturated heterocycles. The SMILES string of the molecule is Cc1nc(SCCNC(=O)COc2ccc(S(=O)(=O)Nc3ccc(Br)cc3)cc2)n[nH]1. The Morgan fingerprint density at radius 3 is 2.52 bits per heavy atom. The largest absolute Gasteiger partial charge is 0.484 e. The van der Waals surface area contributed by atoms with E-state index in [1.54, 1.807) is 24.3 Å². The van der Waals surface area contributed by atoms with E-state index in [0.29, 0.717) is 28.9 Å². The molecule has 0 unspecified atom stereocenters. The molecule has 0 bridgehead atoms. The van der Waals surface area contributed by atoms with Gasteiger partial charge in [0.1, 0.15) is 11.6 Å². The van der Waals surface area contributed by atoms with Crippen molar-refractivity contribution in [3.63, 3.8) is 0 Å². The molecule has 0 atom stereocenters. The van der Waals surface area contributed by atoms with Crippen molar-refractivity contribution in [2.75, 3.05) is 23.6 Å². The summed E-state index contributed by atoms with van der Waals surface area (Å²) in [6.45, 7) is 2.09. The number of aromatic amines is 1. The minimum atomic E-state index is -3.73. The number of nitrogens with one attached hydrogen (secondary N) is 3. The highest BCUT2D eigenvalue weighted by atomic mass is 79.9. The molecule has 12 heteroatoms. The van der Waals surface area contributed by atoms with Crippen LogP contribution in [0.25, 0.3) is 0 Å². The van der Waals surface area contributed by atoms with Crippen LogP contribution in [0.15, 0.2) is 63.1 Å². The number of amides is 1. The van der Waals surface area contributed by atoms with E-state index in [0.717, 1.165) is 10.3 Å². The summed E-state index contributed by atoms with van der Waals surface area (Å²) in [4.78, 5) is 16.1. The van der Waals surface area contributed by atoms with E-state index in [4.69, 9.17) is 4.74 Å². The summed E-state index contributed by atoms with van der Waals surface area (Å²) in [7, 11) is -3.73. The number of H-pyrrole nitrogens is 1. The van der Waals surface area contributed by atoms with E-state index in [9.17, 15) is 13.2 Å². The smallest absolute Gasteiger partial charge is 0.261 e. The zero-order chi connectivity index (χ0) is 22.3. The molecule has 0 aliphatic rings. The predicted octanol–water partition coefficient (Wildman–Crippen LogP) is 2.96. The molecule has 0 saturated carbocycles. The molecule has 1 amide bonds. The summed E-state index contributed by atoms with van der Waals surface area (Å²) < 4.78 is 33.7. The maximum atomic E-state index is 12.5. The number of benzene rings is 2. The second-order valence-electron chi connectivity index (χ2n) is 6.27. The third-order valence-electron chi connectivity index (χ3n) is 3.83. The van der Waals surface area contributed by atoms with Crippen LogP contribution >= 0.6 is 27.7 Å². The molecule has 164 valence electrons. The topological polar surface area (TPSA) is 126 Å². The molecule has 3 aromatic rings. The number of hydrogen-bond donors (Lipinski definition) is 3. The first-order valence-electron chi connectivity index (χ1n) is 9.11. The first-order chi connectivity index (χ1) is 14.8. The molecule has 0 radical (unpaired) electrons. The van der Waals surface area contributed by atoms with Crippen LogP contribution < -0.4 is 14.8 Å². The van der Waals surface area contributed by atoms with Gasteiger partial charge in [0.05, 0.1) is 4.90 Å². The van der Waals surface area contributed by atoms with Crippen molar-refractivity contribution in [1.29, 1.82) is 0 Å². The van der Waals surface area contributed by atoms with Crippen LogP contribution in [0.2, 0.25) is 0 Å². The van der Waals surface area contributed by atoms with Gasteiger partial charge in [0, 0.05) is 22.5 Å². The van der Waals surface area contributed by atoms with Gasteiger partial charge in [-0.1, -0.05) is 27.7 Å². The predicted molar refractivity (Wildman–Crippen MR) is 122 cm³/mol. The monoisotopic (exact) mass is 525 g/mol. The number of aryl methyl sites for hydroxylation is 1. The van der Waals surface area contributed by atoms with Gasteiger partial charge in [0.25, 0.3) is 15.9 Å². The minimum absolute atomic E-state index is 0.0893. The second kappa shape index (κ2) is 10.6. The number of hydrogen-bond acceptors (Lipinski definition) is 7. The molecule has 1 aromatic heterocycles. The Morgan fingerprint density at radius 2 is 1.87 bits per heavy atom. The zero-order valence-electron chi connectivity index (χ0n) is 16.5. The number of anilines is 1. The second-order valence-corrected chi connectivity index (χ2v) is 9.93. The summed E-state index contributed by atoms with van der Waals surface area (Å²) >= 11 is 4.73. The average Bonchev–Trinajstić information content (AvgIpc) is 3.16. The number of carbonyl (C=O) groups excluding carboxylic acids is 1. The summed E-state index contributed by atoms with van der Waals surface area (Å²) in [5.74, 6) is 1.48. The number of carbonyl (C=O) groups is 1. The summed E-state index contributed by atoms with van der Waals surface area (Å²) in [5, 5.41) is 10.1. The molecule has 2 aromatic carbocycles. The Morgan fingerprint density at radius 1 is 1.16 bits per heavy atom. The Bertz CT molecular complexity index is 1120. The molecule has 0 fully saturated rings. The van der Waals surface area contributed by atoms with Gasteiger partial charge in [-0.15, -0.1) is 5.10 Å². The van der Waals surface area contributed by atoms with E-state index in [1.165, 1.54) is 36.0 Å². The van der Waals surface area contributed by atoms with Crippen LogP contribution in [0.1, 0.15) is 5.82 Å². The van der Waals surface area contributed by atoms with Crippen molar-refractivity contribution in [1.82, 2.24) is 20.5 Å². The Kier molecular flexibility index (Phi) is 7.93. The number of thioether (sulfide) groups is 1. The van der Waals surface area contributed by atoms with Gasteiger partial charge in [0.15, 0.2) is 6.61 Å². The lowest BCUT2D eigenvalue weighted by Crippen LogP contribution is -2.30. The maximum absolute atomic E-state index is 12.5. The van der Waals surface area contributed by atoms with Crippen LogP contribution in [-0.2, 0) is 14.8 Å². The molecule has 0 spiro atoms. The lowest BCUT2D eigenvalue weighted by atomic mass is 10.3. The normalized spacial score (nSPS) is 11.2.